The van der Waals surface area contributed by atoms with E-state index in [1.54, 1.807) is 19.2 Å². The molecule has 0 atom stereocenters. The van der Waals surface area contributed by atoms with Crippen molar-refractivity contribution in [2.45, 2.75) is 6.54 Å². The van der Waals surface area contributed by atoms with Gasteiger partial charge in [-0.2, -0.15) is 4.57 Å². The average molecular weight is 382 g/mol. The molecular weight excluding hydrogens is 362 g/mol. The van der Waals surface area contributed by atoms with Gasteiger partial charge in [0.05, 0.1) is 12.7 Å². The van der Waals surface area contributed by atoms with Crippen molar-refractivity contribution in [3.05, 3.63) is 95.3 Å². The molecular formula is C22H20ClNO3. The number of hydrogen-bond acceptors (Lipinski definition) is 2. The number of pyridine rings is 1. The van der Waals surface area contributed by atoms with Crippen molar-refractivity contribution in [3.63, 3.8) is 0 Å². The van der Waals surface area contributed by atoms with Crippen LogP contribution in [0, 0.1) is 0 Å². The maximum atomic E-state index is 11.0. The average Bonchev–Trinajstić information content (AvgIpc) is 2.68. The lowest BCUT2D eigenvalue weighted by Crippen LogP contribution is -3.00. The summed E-state index contributed by atoms with van der Waals surface area (Å²) in [5, 5.41) is 9.00. The highest BCUT2D eigenvalue weighted by Crippen LogP contribution is 2.14. The number of nitrogens with zero attached hydrogens (tertiary/aromatic N) is 1. The van der Waals surface area contributed by atoms with Gasteiger partial charge in [-0.05, 0) is 42.0 Å². The summed E-state index contributed by atoms with van der Waals surface area (Å²) >= 11 is 0. The number of aromatic carboxylic acids is 1. The van der Waals surface area contributed by atoms with Gasteiger partial charge in [0.2, 0.25) is 5.69 Å². The van der Waals surface area contributed by atoms with E-state index < -0.39 is 5.97 Å². The third-order valence-electron chi connectivity index (χ3n) is 4.07. The van der Waals surface area contributed by atoms with Gasteiger partial charge in [0, 0.05) is 23.8 Å². The van der Waals surface area contributed by atoms with Crippen LogP contribution in [0.25, 0.3) is 12.2 Å². The smallest absolute Gasteiger partial charge is 0.335 e. The molecule has 138 valence electrons. The number of ether oxygens (including phenoxy) is 1. The van der Waals surface area contributed by atoms with Gasteiger partial charge in [0.15, 0.2) is 12.7 Å². The van der Waals surface area contributed by atoms with Crippen molar-refractivity contribution in [2.24, 2.45) is 0 Å². The van der Waals surface area contributed by atoms with Crippen LogP contribution in [0.1, 0.15) is 27.2 Å². The number of carboxylic acids is 1. The van der Waals surface area contributed by atoms with Crippen LogP contribution in [0.3, 0.4) is 0 Å². The van der Waals surface area contributed by atoms with Gasteiger partial charge >= 0.3 is 5.97 Å². The lowest BCUT2D eigenvalue weighted by Gasteiger charge is -2.03. The minimum Gasteiger partial charge on any atom is -1.00 e. The van der Waals surface area contributed by atoms with Crippen LogP contribution in [0.4, 0.5) is 0 Å². The molecule has 0 aliphatic carbocycles. The van der Waals surface area contributed by atoms with Gasteiger partial charge in [-0.3, -0.25) is 0 Å². The van der Waals surface area contributed by atoms with Gasteiger partial charge in [0.25, 0.3) is 0 Å². The molecule has 0 saturated carbocycles. The van der Waals surface area contributed by atoms with Crippen molar-refractivity contribution in [1.29, 1.82) is 0 Å². The van der Waals surface area contributed by atoms with Crippen molar-refractivity contribution in [1.82, 2.24) is 0 Å². The van der Waals surface area contributed by atoms with E-state index in [0.717, 1.165) is 22.6 Å². The first-order valence-electron chi connectivity index (χ1n) is 8.28. The van der Waals surface area contributed by atoms with Crippen LogP contribution in [-0.2, 0) is 6.54 Å². The summed E-state index contributed by atoms with van der Waals surface area (Å²) in [6.07, 6.45) is 6.11. The lowest BCUT2D eigenvalue weighted by molar-refractivity contribution is -0.690. The van der Waals surface area contributed by atoms with Gasteiger partial charge < -0.3 is 22.3 Å². The quantitative estimate of drug-likeness (QED) is 0.646. The molecule has 0 fully saturated rings. The molecule has 0 saturated heterocycles. The van der Waals surface area contributed by atoms with Crippen molar-refractivity contribution >= 4 is 18.1 Å². The molecule has 1 heterocycles. The highest BCUT2D eigenvalue weighted by Gasteiger charge is 2.09. The molecule has 4 nitrogen and oxygen atoms in total. The Labute approximate surface area is 164 Å². The minimum atomic E-state index is -0.911. The number of aromatic nitrogens is 1. The summed E-state index contributed by atoms with van der Waals surface area (Å²) in [5.74, 6) is -0.0857. The second kappa shape index (κ2) is 9.55. The molecule has 0 aliphatic heterocycles. The molecule has 1 aromatic heterocycles. The van der Waals surface area contributed by atoms with Crippen LogP contribution < -0.4 is 21.7 Å². The fourth-order valence-corrected chi connectivity index (χ4v) is 2.66. The van der Waals surface area contributed by atoms with Crippen LogP contribution in [0.15, 0.2) is 72.9 Å². The zero-order valence-electron chi connectivity index (χ0n) is 14.9. The first-order chi connectivity index (χ1) is 12.7. The highest BCUT2D eigenvalue weighted by atomic mass is 35.5. The minimum absolute atomic E-state index is 0. The van der Waals surface area contributed by atoms with Gasteiger partial charge in [0.1, 0.15) is 5.75 Å². The molecule has 0 radical (unpaired) electrons. The van der Waals surface area contributed by atoms with E-state index in [1.807, 2.05) is 66.9 Å². The molecule has 2 aromatic carbocycles. The van der Waals surface area contributed by atoms with E-state index in [-0.39, 0.29) is 12.4 Å². The number of methoxy groups -OCH3 is 1. The fraction of sp³-hybridized carbons (Fsp3) is 0.0909. The fourth-order valence-electron chi connectivity index (χ4n) is 2.66. The topological polar surface area (TPSA) is 50.4 Å². The first-order valence-corrected chi connectivity index (χ1v) is 8.28. The number of carbonyl (C=O) groups is 1. The van der Waals surface area contributed by atoms with E-state index >= 15 is 0 Å². The Morgan fingerprint density at radius 3 is 2.52 bits per heavy atom. The van der Waals surface area contributed by atoms with Gasteiger partial charge in [-0.1, -0.05) is 24.3 Å². The van der Waals surface area contributed by atoms with Gasteiger partial charge in [-0.25, -0.2) is 4.79 Å². The normalized spacial score (nSPS) is 10.4. The Morgan fingerprint density at radius 1 is 1.04 bits per heavy atom. The standard InChI is InChI=1S/C22H19NO3.ClH/c1-26-21-7-4-5-17(15-21)10-13-20-6-2-3-14-23(20)16-18-8-11-19(12-9-18)22(24)25;/h2-15H,16H2,1H3;1H/b13-10+;. The molecule has 3 rings (SSSR count). The molecule has 1 N–H and O–H groups in total. The summed E-state index contributed by atoms with van der Waals surface area (Å²) in [7, 11) is 1.66. The molecule has 0 amide bonds. The molecule has 3 aromatic rings. The molecule has 0 unspecified atom stereocenters. The van der Waals surface area contributed by atoms with Crippen molar-refractivity contribution < 1.29 is 31.6 Å². The summed E-state index contributed by atoms with van der Waals surface area (Å²) in [6.45, 7) is 0.665. The third-order valence-corrected chi connectivity index (χ3v) is 4.07. The number of benzene rings is 2. The molecule has 0 spiro atoms. The maximum absolute atomic E-state index is 11.0. The van der Waals surface area contributed by atoms with E-state index in [1.165, 1.54) is 0 Å². The van der Waals surface area contributed by atoms with E-state index in [9.17, 15) is 4.79 Å². The zero-order chi connectivity index (χ0) is 18.4. The molecule has 0 bridgehead atoms. The summed E-state index contributed by atoms with van der Waals surface area (Å²) < 4.78 is 7.37. The Kier molecular flexibility index (Phi) is 7.15. The lowest BCUT2D eigenvalue weighted by atomic mass is 10.1. The Balaban J connectivity index is 0.00000261. The van der Waals surface area contributed by atoms with E-state index in [4.69, 9.17) is 9.84 Å². The molecule has 5 heteroatoms. The number of hydrogen-bond donors (Lipinski definition) is 1. The van der Waals surface area contributed by atoms with Crippen LogP contribution in [0.2, 0.25) is 0 Å². The summed E-state index contributed by atoms with van der Waals surface area (Å²) in [5.41, 5.74) is 3.45. The van der Waals surface area contributed by atoms with Crippen LogP contribution in [0.5, 0.6) is 5.75 Å². The zero-order valence-corrected chi connectivity index (χ0v) is 15.6. The predicted molar refractivity (Wildman–Crippen MR) is 101 cm³/mol. The molecule has 0 aliphatic rings. The maximum Gasteiger partial charge on any atom is 0.335 e. The number of carboxylic acid groups (broad SMARTS) is 1. The van der Waals surface area contributed by atoms with Crippen molar-refractivity contribution in [2.75, 3.05) is 7.11 Å². The van der Waals surface area contributed by atoms with Crippen LogP contribution >= 0.6 is 0 Å². The Morgan fingerprint density at radius 2 is 1.81 bits per heavy atom. The number of rotatable bonds is 6. The van der Waals surface area contributed by atoms with Gasteiger partial charge in [-0.15, -0.1) is 0 Å². The monoisotopic (exact) mass is 381 g/mol. The first kappa shape index (κ1) is 20.2. The van der Waals surface area contributed by atoms with E-state index in [2.05, 4.69) is 10.6 Å². The Bertz CT molecular complexity index is 936. The van der Waals surface area contributed by atoms with Crippen LogP contribution in [-0.4, -0.2) is 18.2 Å². The summed E-state index contributed by atoms with van der Waals surface area (Å²) in [4.78, 5) is 11.0. The van der Waals surface area contributed by atoms with Crippen molar-refractivity contribution in [3.8, 4) is 5.75 Å². The largest absolute Gasteiger partial charge is 1.00 e. The highest BCUT2D eigenvalue weighted by molar-refractivity contribution is 5.87. The predicted octanol–water partition coefficient (Wildman–Crippen LogP) is 0.904. The second-order valence-electron chi connectivity index (χ2n) is 5.87. The SMILES string of the molecule is COc1cccc(/C=C/c2cccc[n+]2Cc2ccc(C(=O)O)cc2)c1.[Cl-]. The number of halogens is 1. The summed E-state index contributed by atoms with van der Waals surface area (Å²) in [6, 6.07) is 20.9. The Hall–Kier alpha value is -3.11. The van der Waals surface area contributed by atoms with E-state index in [0.29, 0.717) is 12.1 Å². The molecule has 27 heavy (non-hydrogen) atoms. The third kappa shape index (κ3) is 5.43. The second-order valence-corrected chi connectivity index (χ2v) is 5.87.